The van der Waals surface area contributed by atoms with Gasteiger partial charge in [0.15, 0.2) is 0 Å². The fourth-order valence-electron chi connectivity index (χ4n) is 2.56. The summed E-state index contributed by atoms with van der Waals surface area (Å²) in [6, 6.07) is 4.67. The molecule has 0 saturated carbocycles. The van der Waals surface area contributed by atoms with Gasteiger partial charge < -0.3 is 4.90 Å². The number of nitrogens with one attached hydrogen (secondary N) is 1. The van der Waals surface area contributed by atoms with Crippen LogP contribution in [0.4, 0.5) is 9.80 Å². The van der Waals surface area contributed by atoms with Crippen molar-refractivity contribution in [1.29, 1.82) is 0 Å². The lowest BCUT2D eigenvalue weighted by molar-refractivity contribution is 0.192. The molecular formula is C12H14N2OS. The first-order valence-electron chi connectivity index (χ1n) is 5.64. The molecule has 2 bridgehead atoms. The minimum Gasteiger partial charge on any atom is -0.315 e. The summed E-state index contributed by atoms with van der Waals surface area (Å²) in [5, 5.41) is 5.87. The highest BCUT2D eigenvalue weighted by molar-refractivity contribution is 7.14. The van der Waals surface area contributed by atoms with Gasteiger partial charge in [0.1, 0.15) is 0 Å². The summed E-state index contributed by atoms with van der Waals surface area (Å²) < 4.78 is 0. The molecule has 3 nitrogen and oxygen atoms in total. The summed E-state index contributed by atoms with van der Waals surface area (Å²) in [6.07, 6.45) is 7.62. The summed E-state index contributed by atoms with van der Waals surface area (Å²) >= 11 is 1.56. The van der Waals surface area contributed by atoms with Crippen molar-refractivity contribution in [3.05, 3.63) is 29.7 Å². The molecule has 1 saturated heterocycles. The minimum absolute atomic E-state index is 0.0549. The molecule has 3 rings (SSSR count). The molecule has 84 valence electrons. The Morgan fingerprint density at radius 3 is 3.19 bits per heavy atom. The number of urea groups is 1. The highest BCUT2D eigenvalue weighted by Crippen LogP contribution is 2.32. The predicted octanol–water partition coefficient (Wildman–Crippen LogP) is 3.07. The summed E-state index contributed by atoms with van der Waals surface area (Å²) in [5.74, 6) is 0. The van der Waals surface area contributed by atoms with Crippen LogP contribution in [0, 0.1) is 0 Å². The largest absolute Gasteiger partial charge is 0.323 e. The Morgan fingerprint density at radius 1 is 1.50 bits per heavy atom. The van der Waals surface area contributed by atoms with Gasteiger partial charge in [0.25, 0.3) is 0 Å². The number of hydrogen-bond donors (Lipinski definition) is 1. The van der Waals surface area contributed by atoms with Gasteiger partial charge in [-0.25, -0.2) is 4.79 Å². The number of amides is 2. The maximum Gasteiger partial charge on any atom is 0.323 e. The Hall–Kier alpha value is -1.29. The molecule has 2 amide bonds. The van der Waals surface area contributed by atoms with Crippen LogP contribution in [0.1, 0.15) is 19.3 Å². The zero-order chi connectivity index (χ0) is 11.0. The van der Waals surface area contributed by atoms with Crippen LogP contribution in [0.2, 0.25) is 0 Å². The van der Waals surface area contributed by atoms with E-state index in [1.54, 1.807) is 11.3 Å². The molecule has 1 aromatic rings. The van der Waals surface area contributed by atoms with E-state index in [9.17, 15) is 4.79 Å². The molecule has 2 atom stereocenters. The second-order valence-electron chi connectivity index (χ2n) is 4.28. The van der Waals surface area contributed by atoms with Gasteiger partial charge in [-0.3, -0.25) is 5.32 Å². The van der Waals surface area contributed by atoms with Crippen LogP contribution in [-0.2, 0) is 0 Å². The van der Waals surface area contributed by atoms with Crippen molar-refractivity contribution in [2.45, 2.75) is 31.3 Å². The lowest BCUT2D eigenvalue weighted by Crippen LogP contribution is -2.44. The standard InChI is InChI=1S/C12H14N2OS/c15-12(13-11-5-2-8-16-11)14-9-3-1-4-10(14)7-6-9/h1-3,5,8-10H,4,6-7H2,(H,13,15). The highest BCUT2D eigenvalue weighted by atomic mass is 32.1. The van der Waals surface area contributed by atoms with Crippen LogP contribution in [0.25, 0.3) is 0 Å². The number of hydrogen-bond acceptors (Lipinski definition) is 2. The van der Waals surface area contributed by atoms with Gasteiger partial charge in [-0.15, -0.1) is 11.3 Å². The summed E-state index contributed by atoms with van der Waals surface area (Å²) in [7, 11) is 0. The zero-order valence-electron chi connectivity index (χ0n) is 8.93. The summed E-state index contributed by atoms with van der Waals surface area (Å²) in [4.78, 5) is 14.1. The van der Waals surface area contributed by atoms with Crippen LogP contribution in [0.3, 0.4) is 0 Å². The van der Waals surface area contributed by atoms with Gasteiger partial charge >= 0.3 is 6.03 Å². The van der Waals surface area contributed by atoms with Crippen molar-refractivity contribution in [2.24, 2.45) is 0 Å². The molecule has 2 aliphatic rings. The van der Waals surface area contributed by atoms with Crippen LogP contribution in [0.5, 0.6) is 0 Å². The minimum atomic E-state index is 0.0549. The first-order valence-corrected chi connectivity index (χ1v) is 6.52. The Kier molecular flexibility index (Phi) is 2.44. The third kappa shape index (κ3) is 1.63. The second kappa shape index (κ2) is 3.94. The average Bonchev–Trinajstić information content (AvgIpc) is 2.86. The third-order valence-corrected chi connectivity index (χ3v) is 4.08. The predicted molar refractivity (Wildman–Crippen MR) is 65.7 cm³/mol. The van der Waals surface area contributed by atoms with E-state index in [-0.39, 0.29) is 6.03 Å². The van der Waals surface area contributed by atoms with Gasteiger partial charge in [-0.1, -0.05) is 12.2 Å². The SMILES string of the molecule is O=C(Nc1cccs1)N1C2C=CCC1CC2. The molecule has 1 fully saturated rings. The molecule has 1 aromatic heterocycles. The van der Waals surface area contributed by atoms with E-state index in [0.29, 0.717) is 12.1 Å². The first-order chi connectivity index (χ1) is 7.84. The molecule has 16 heavy (non-hydrogen) atoms. The van der Waals surface area contributed by atoms with E-state index in [1.165, 1.54) is 0 Å². The van der Waals surface area contributed by atoms with Gasteiger partial charge in [0.2, 0.25) is 0 Å². The van der Waals surface area contributed by atoms with Crippen LogP contribution >= 0.6 is 11.3 Å². The van der Waals surface area contributed by atoms with E-state index in [0.717, 1.165) is 24.3 Å². The Bertz CT molecular complexity index is 413. The normalized spacial score (nSPS) is 27.1. The van der Waals surface area contributed by atoms with Gasteiger partial charge in [0.05, 0.1) is 11.0 Å². The van der Waals surface area contributed by atoms with Crippen LogP contribution < -0.4 is 5.32 Å². The summed E-state index contributed by atoms with van der Waals surface area (Å²) in [6.45, 7) is 0. The molecule has 3 heterocycles. The van der Waals surface area contributed by atoms with E-state index in [4.69, 9.17) is 0 Å². The van der Waals surface area contributed by atoms with Gasteiger partial charge in [-0.05, 0) is 36.8 Å². The van der Waals surface area contributed by atoms with E-state index in [1.807, 2.05) is 22.4 Å². The molecular weight excluding hydrogens is 220 g/mol. The third-order valence-electron chi connectivity index (χ3n) is 3.30. The lowest BCUT2D eigenvalue weighted by Gasteiger charge is -2.31. The topological polar surface area (TPSA) is 32.3 Å². The fourth-order valence-corrected chi connectivity index (χ4v) is 3.17. The molecule has 2 unspecified atom stereocenters. The zero-order valence-corrected chi connectivity index (χ0v) is 9.74. The molecule has 4 heteroatoms. The average molecular weight is 234 g/mol. The smallest absolute Gasteiger partial charge is 0.315 e. The maximum atomic E-state index is 12.1. The fraction of sp³-hybridized carbons (Fsp3) is 0.417. The van der Waals surface area contributed by atoms with Crippen molar-refractivity contribution >= 4 is 22.4 Å². The molecule has 2 aliphatic heterocycles. The number of carbonyl (C=O) groups is 1. The lowest BCUT2D eigenvalue weighted by atomic mass is 10.1. The van der Waals surface area contributed by atoms with Crippen molar-refractivity contribution < 1.29 is 4.79 Å². The number of fused-ring (bicyclic) bond motifs is 2. The summed E-state index contributed by atoms with van der Waals surface area (Å²) in [5.41, 5.74) is 0. The van der Waals surface area contributed by atoms with Crippen molar-refractivity contribution in [3.63, 3.8) is 0 Å². The van der Waals surface area contributed by atoms with Crippen molar-refractivity contribution in [2.75, 3.05) is 5.32 Å². The van der Waals surface area contributed by atoms with Gasteiger partial charge in [0, 0.05) is 6.04 Å². The van der Waals surface area contributed by atoms with Crippen LogP contribution in [-0.4, -0.2) is 23.0 Å². The second-order valence-corrected chi connectivity index (χ2v) is 5.22. The Morgan fingerprint density at radius 2 is 2.44 bits per heavy atom. The van der Waals surface area contributed by atoms with E-state index >= 15 is 0 Å². The van der Waals surface area contributed by atoms with Crippen molar-refractivity contribution in [1.82, 2.24) is 4.90 Å². The Balaban J connectivity index is 1.74. The first kappa shape index (κ1) is 9.90. The number of anilines is 1. The monoisotopic (exact) mass is 234 g/mol. The quantitative estimate of drug-likeness (QED) is 0.744. The molecule has 1 N–H and O–H groups in total. The van der Waals surface area contributed by atoms with Crippen LogP contribution in [0.15, 0.2) is 29.7 Å². The molecule has 0 radical (unpaired) electrons. The Labute approximate surface area is 98.8 Å². The number of carbonyl (C=O) groups excluding carboxylic acids is 1. The number of nitrogens with zero attached hydrogens (tertiary/aromatic N) is 1. The molecule has 0 aromatic carbocycles. The van der Waals surface area contributed by atoms with E-state index in [2.05, 4.69) is 17.5 Å². The number of rotatable bonds is 1. The van der Waals surface area contributed by atoms with Crippen molar-refractivity contribution in [3.8, 4) is 0 Å². The highest BCUT2D eigenvalue weighted by Gasteiger charge is 2.37. The number of thiophene rings is 1. The molecule has 0 aliphatic carbocycles. The van der Waals surface area contributed by atoms with E-state index < -0.39 is 0 Å². The molecule has 0 spiro atoms. The maximum absolute atomic E-state index is 12.1. The van der Waals surface area contributed by atoms with Gasteiger partial charge in [-0.2, -0.15) is 0 Å².